The number of isocyanates is 1. The maximum absolute atomic E-state index is 10.4. The van der Waals surface area contributed by atoms with Crippen LogP contribution in [0.25, 0.3) is 0 Å². The van der Waals surface area contributed by atoms with Crippen LogP contribution in [0.4, 0.5) is 0 Å². The highest BCUT2D eigenvalue weighted by molar-refractivity contribution is 5.39. The Bertz CT molecular complexity index is 392. The molecule has 15 heavy (non-hydrogen) atoms. The molecule has 1 heterocycles. The molecule has 0 aliphatic rings. The standard InChI is InChI=1S/C11H17N3O/c1-10(2,3)9-8(6-13-14-9)11(4,5)12-7-15/h6H,1-5H3,(H,13,14). The molecule has 0 bridgehead atoms. The third-order valence-corrected chi connectivity index (χ3v) is 2.37. The van der Waals surface area contributed by atoms with E-state index in [0.29, 0.717) is 0 Å². The minimum Gasteiger partial charge on any atom is -0.282 e. The summed E-state index contributed by atoms with van der Waals surface area (Å²) in [7, 11) is 0. The number of carbonyl (C=O) groups excluding carboxylic acids is 1. The number of hydrogen-bond acceptors (Lipinski definition) is 3. The van der Waals surface area contributed by atoms with Crippen LogP contribution in [0.5, 0.6) is 0 Å². The van der Waals surface area contributed by atoms with Crippen LogP contribution >= 0.6 is 0 Å². The number of aromatic nitrogens is 2. The minimum atomic E-state index is -0.572. The lowest BCUT2D eigenvalue weighted by Gasteiger charge is -2.24. The minimum absolute atomic E-state index is 0.0402. The Morgan fingerprint density at radius 3 is 2.40 bits per heavy atom. The maximum Gasteiger partial charge on any atom is 0.235 e. The van der Waals surface area contributed by atoms with E-state index in [2.05, 4.69) is 36.0 Å². The Morgan fingerprint density at radius 2 is 1.93 bits per heavy atom. The average Bonchev–Trinajstić information content (AvgIpc) is 2.49. The highest BCUT2D eigenvalue weighted by Crippen LogP contribution is 2.32. The lowest BCUT2D eigenvalue weighted by atomic mass is 9.84. The van der Waals surface area contributed by atoms with Gasteiger partial charge in [0.05, 0.1) is 11.7 Å². The van der Waals surface area contributed by atoms with Crippen LogP contribution in [0.1, 0.15) is 45.9 Å². The van der Waals surface area contributed by atoms with Gasteiger partial charge in [0.25, 0.3) is 0 Å². The largest absolute Gasteiger partial charge is 0.282 e. The molecule has 0 aliphatic carbocycles. The molecule has 0 aromatic carbocycles. The second-order valence-corrected chi connectivity index (χ2v) is 5.17. The van der Waals surface area contributed by atoms with Crippen molar-refractivity contribution in [2.45, 2.75) is 45.6 Å². The molecule has 0 saturated heterocycles. The molecule has 1 rings (SSSR count). The predicted molar refractivity (Wildman–Crippen MR) is 58.4 cm³/mol. The van der Waals surface area contributed by atoms with E-state index in [-0.39, 0.29) is 5.41 Å². The number of rotatable bonds is 2. The molecule has 1 N–H and O–H groups in total. The number of H-pyrrole nitrogens is 1. The summed E-state index contributed by atoms with van der Waals surface area (Å²) in [5.74, 6) is 0. The SMILES string of the molecule is CC(C)(C)c1[nH]ncc1C(C)(C)N=C=O. The number of nitrogens with zero attached hydrogens (tertiary/aromatic N) is 2. The molecule has 1 aromatic heterocycles. The topological polar surface area (TPSA) is 58.1 Å². The Kier molecular flexibility index (Phi) is 2.82. The van der Waals surface area contributed by atoms with Gasteiger partial charge in [-0.15, -0.1) is 0 Å². The first-order valence-electron chi connectivity index (χ1n) is 4.92. The Labute approximate surface area is 89.8 Å². The molecular formula is C11H17N3O. The molecule has 0 radical (unpaired) electrons. The smallest absolute Gasteiger partial charge is 0.235 e. The van der Waals surface area contributed by atoms with Crippen LogP contribution in [0, 0.1) is 0 Å². The van der Waals surface area contributed by atoms with Crippen LogP contribution < -0.4 is 0 Å². The van der Waals surface area contributed by atoms with Crippen LogP contribution in [-0.4, -0.2) is 16.3 Å². The van der Waals surface area contributed by atoms with Crippen LogP contribution in [0.15, 0.2) is 11.2 Å². The first-order chi connectivity index (χ1) is 6.79. The molecule has 0 aliphatic heterocycles. The molecule has 4 nitrogen and oxygen atoms in total. The van der Waals surface area contributed by atoms with E-state index in [9.17, 15) is 4.79 Å². The number of aliphatic imine (C=N–C) groups is 1. The molecule has 0 fully saturated rings. The molecule has 4 heteroatoms. The van der Waals surface area contributed by atoms with Crippen LogP contribution in [0.2, 0.25) is 0 Å². The van der Waals surface area contributed by atoms with Gasteiger partial charge in [-0.05, 0) is 13.8 Å². The average molecular weight is 207 g/mol. The van der Waals surface area contributed by atoms with Gasteiger partial charge < -0.3 is 0 Å². The zero-order chi connectivity index (χ0) is 11.7. The number of aromatic amines is 1. The van der Waals surface area contributed by atoms with Gasteiger partial charge in [0.15, 0.2) is 0 Å². The summed E-state index contributed by atoms with van der Waals surface area (Å²) in [6.07, 6.45) is 3.33. The van der Waals surface area contributed by atoms with Gasteiger partial charge in [0, 0.05) is 16.7 Å². The predicted octanol–water partition coefficient (Wildman–Crippen LogP) is 2.28. The van der Waals surface area contributed by atoms with E-state index in [1.165, 1.54) is 0 Å². The molecular weight excluding hydrogens is 190 g/mol. The summed E-state index contributed by atoms with van der Waals surface area (Å²) in [6, 6.07) is 0. The monoisotopic (exact) mass is 207 g/mol. The van der Waals surface area contributed by atoms with Crippen LogP contribution in [0.3, 0.4) is 0 Å². The first-order valence-corrected chi connectivity index (χ1v) is 4.92. The van der Waals surface area contributed by atoms with Crippen molar-refractivity contribution in [1.29, 1.82) is 0 Å². The number of nitrogens with one attached hydrogen (secondary N) is 1. The second-order valence-electron chi connectivity index (χ2n) is 5.17. The van der Waals surface area contributed by atoms with Gasteiger partial charge in [0.1, 0.15) is 0 Å². The zero-order valence-electron chi connectivity index (χ0n) is 9.88. The third-order valence-electron chi connectivity index (χ3n) is 2.37. The zero-order valence-corrected chi connectivity index (χ0v) is 9.88. The molecule has 0 spiro atoms. The van der Waals surface area contributed by atoms with Gasteiger partial charge in [-0.25, -0.2) is 4.79 Å². The molecule has 0 saturated carbocycles. The third kappa shape index (κ3) is 2.34. The van der Waals surface area contributed by atoms with Gasteiger partial charge in [-0.2, -0.15) is 10.1 Å². The van der Waals surface area contributed by atoms with Gasteiger partial charge in [-0.3, -0.25) is 5.10 Å². The second kappa shape index (κ2) is 3.63. The summed E-state index contributed by atoms with van der Waals surface area (Å²) >= 11 is 0. The van der Waals surface area contributed by atoms with Gasteiger partial charge >= 0.3 is 0 Å². The highest BCUT2D eigenvalue weighted by Gasteiger charge is 2.29. The first kappa shape index (κ1) is 11.7. The summed E-state index contributed by atoms with van der Waals surface area (Å²) < 4.78 is 0. The fraction of sp³-hybridized carbons (Fsp3) is 0.636. The van der Waals surface area contributed by atoms with Crippen molar-refractivity contribution < 1.29 is 4.79 Å². The van der Waals surface area contributed by atoms with Crippen molar-refractivity contribution in [3.8, 4) is 0 Å². The van der Waals surface area contributed by atoms with E-state index in [1.807, 2.05) is 13.8 Å². The fourth-order valence-corrected chi connectivity index (χ4v) is 1.50. The van der Waals surface area contributed by atoms with E-state index >= 15 is 0 Å². The van der Waals surface area contributed by atoms with E-state index < -0.39 is 5.54 Å². The van der Waals surface area contributed by atoms with Crippen molar-refractivity contribution in [2.24, 2.45) is 4.99 Å². The van der Waals surface area contributed by atoms with Crippen molar-refractivity contribution in [2.75, 3.05) is 0 Å². The lowest BCUT2D eigenvalue weighted by Crippen LogP contribution is -2.21. The van der Waals surface area contributed by atoms with Gasteiger partial charge in [0.2, 0.25) is 6.08 Å². The fourth-order valence-electron chi connectivity index (χ4n) is 1.50. The highest BCUT2D eigenvalue weighted by atomic mass is 16.1. The summed E-state index contributed by atoms with van der Waals surface area (Å²) in [4.78, 5) is 14.2. The Balaban J connectivity index is 3.27. The normalized spacial score (nSPS) is 12.3. The molecule has 82 valence electrons. The molecule has 0 amide bonds. The lowest BCUT2D eigenvalue weighted by molar-refractivity contribution is 0.495. The van der Waals surface area contributed by atoms with E-state index in [4.69, 9.17) is 0 Å². The number of hydrogen-bond donors (Lipinski definition) is 1. The van der Waals surface area contributed by atoms with Crippen molar-refractivity contribution in [3.05, 3.63) is 17.5 Å². The van der Waals surface area contributed by atoms with Gasteiger partial charge in [-0.1, -0.05) is 20.8 Å². The quantitative estimate of drug-likeness (QED) is 0.597. The molecule has 0 unspecified atom stereocenters. The molecule has 0 atom stereocenters. The van der Waals surface area contributed by atoms with Crippen molar-refractivity contribution in [3.63, 3.8) is 0 Å². The van der Waals surface area contributed by atoms with Crippen molar-refractivity contribution >= 4 is 6.08 Å². The Hall–Kier alpha value is -1.41. The molecule has 1 aromatic rings. The van der Waals surface area contributed by atoms with Crippen molar-refractivity contribution in [1.82, 2.24) is 10.2 Å². The van der Waals surface area contributed by atoms with Crippen LogP contribution in [-0.2, 0) is 15.7 Å². The van der Waals surface area contributed by atoms with E-state index in [0.717, 1.165) is 11.3 Å². The van der Waals surface area contributed by atoms with E-state index in [1.54, 1.807) is 12.3 Å². The summed E-state index contributed by atoms with van der Waals surface area (Å²) in [5.41, 5.74) is 1.34. The maximum atomic E-state index is 10.4. The Morgan fingerprint density at radius 1 is 1.33 bits per heavy atom. The summed E-state index contributed by atoms with van der Waals surface area (Å²) in [6.45, 7) is 10.0. The summed E-state index contributed by atoms with van der Waals surface area (Å²) in [5, 5.41) is 6.99.